The second-order valence-corrected chi connectivity index (χ2v) is 6.86. The molecule has 0 aliphatic rings. The van der Waals surface area contributed by atoms with E-state index in [0.29, 0.717) is 0 Å². The zero-order valence-electron chi connectivity index (χ0n) is 13.0. The van der Waals surface area contributed by atoms with Gasteiger partial charge < -0.3 is 10.0 Å². The molecular weight excluding hydrogens is 320 g/mol. The van der Waals surface area contributed by atoms with E-state index in [4.69, 9.17) is 5.11 Å². The Balaban J connectivity index is 2.97. The van der Waals surface area contributed by atoms with Crippen LogP contribution in [0, 0.1) is 5.92 Å². The summed E-state index contributed by atoms with van der Waals surface area (Å²) in [5, 5.41) is 8.88. The van der Waals surface area contributed by atoms with Crippen LogP contribution in [-0.4, -0.2) is 50.4 Å². The third-order valence-electron chi connectivity index (χ3n) is 3.12. The van der Waals surface area contributed by atoms with Gasteiger partial charge in [0.05, 0.1) is 10.8 Å². The maximum absolute atomic E-state index is 12.3. The molecule has 0 radical (unpaired) electrons. The maximum Gasteiger partial charge on any atom is 0.308 e. The van der Waals surface area contributed by atoms with Crippen LogP contribution in [0.1, 0.15) is 17.3 Å². The van der Waals surface area contributed by atoms with E-state index >= 15 is 0 Å². The lowest BCUT2D eigenvalue weighted by molar-refractivity contribution is -0.141. The molecule has 23 heavy (non-hydrogen) atoms. The summed E-state index contributed by atoms with van der Waals surface area (Å²) in [6.07, 6.45) is 1.41. The molecule has 8 heteroatoms. The van der Waals surface area contributed by atoms with E-state index in [1.54, 1.807) is 0 Å². The van der Waals surface area contributed by atoms with Crippen LogP contribution < -0.4 is 4.72 Å². The van der Waals surface area contributed by atoms with Crippen molar-refractivity contribution in [3.8, 4) is 0 Å². The zero-order valence-corrected chi connectivity index (χ0v) is 13.8. The number of hydrogen-bond acceptors (Lipinski definition) is 4. The average Bonchev–Trinajstić information content (AvgIpc) is 2.52. The van der Waals surface area contributed by atoms with Crippen molar-refractivity contribution in [2.75, 3.05) is 20.1 Å². The van der Waals surface area contributed by atoms with Gasteiger partial charge in [0.2, 0.25) is 10.0 Å². The fourth-order valence-corrected chi connectivity index (χ4v) is 2.88. The molecule has 1 unspecified atom stereocenters. The summed E-state index contributed by atoms with van der Waals surface area (Å²) in [5.74, 6) is -2.17. The van der Waals surface area contributed by atoms with Crippen molar-refractivity contribution in [2.45, 2.75) is 11.8 Å². The molecule has 1 aromatic carbocycles. The Hall–Kier alpha value is -2.19. The quantitative estimate of drug-likeness (QED) is 0.686. The molecule has 126 valence electrons. The number of carbonyl (C=O) groups is 2. The third kappa shape index (κ3) is 5.19. The van der Waals surface area contributed by atoms with Crippen molar-refractivity contribution in [1.82, 2.24) is 9.62 Å². The number of amides is 1. The molecule has 0 saturated carbocycles. The van der Waals surface area contributed by atoms with E-state index in [1.807, 2.05) is 0 Å². The first kappa shape index (κ1) is 18.9. The SMILES string of the molecule is C=CCNS(=O)(=O)c1cccc(C(=O)N(C)CC(C)C(=O)O)c1. The average molecular weight is 340 g/mol. The number of nitrogens with one attached hydrogen (secondary N) is 1. The number of rotatable bonds is 8. The van der Waals surface area contributed by atoms with Gasteiger partial charge >= 0.3 is 5.97 Å². The summed E-state index contributed by atoms with van der Waals surface area (Å²) < 4.78 is 26.4. The lowest BCUT2D eigenvalue weighted by atomic mass is 10.1. The molecule has 0 spiro atoms. The van der Waals surface area contributed by atoms with E-state index in [1.165, 1.54) is 49.2 Å². The molecule has 0 aromatic heterocycles. The van der Waals surface area contributed by atoms with Gasteiger partial charge in [0.1, 0.15) is 0 Å². The monoisotopic (exact) mass is 340 g/mol. The van der Waals surface area contributed by atoms with Gasteiger partial charge in [-0.1, -0.05) is 19.1 Å². The van der Waals surface area contributed by atoms with E-state index in [-0.39, 0.29) is 23.5 Å². The highest BCUT2D eigenvalue weighted by Gasteiger charge is 2.20. The summed E-state index contributed by atoms with van der Waals surface area (Å²) in [6, 6.07) is 5.58. The molecule has 0 heterocycles. The molecule has 0 saturated heterocycles. The van der Waals surface area contributed by atoms with Gasteiger partial charge in [0.25, 0.3) is 5.91 Å². The van der Waals surface area contributed by atoms with Crippen molar-refractivity contribution < 1.29 is 23.1 Å². The van der Waals surface area contributed by atoms with Gasteiger partial charge in [0, 0.05) is 25.7 Å². The van der Waals surface area contributed by atoms with Crippen molar-refractivity contribution in [3.05, 3.63) is 42.5 Å². The minimum Gasteiger partial charge on any atom is -0.481 e. The second-order valence-electron chi connectivity index (χ2n) is 5.09. The van der Waals surface area contributed by atoms with Crippen molar-refractivity contribution in [1.29, 1.82) is 0 Å². The number of aliphatic carboxylic acids is 1. The van der Waals surface area contributed by atoms with Crippen LogP contribution in [-0.2, 0) is 14.8 Å². The molecule has 0 bridgehead atoms. The highest BCUT2D eigenvalue weighted by Crippen LogP contribution is 2.13. The highest BCUT2D eigenvalue weighted by atomic mass is 32.2. The van der Waals surface area contributed by atoms with Gasteiger partial charge in [0.15, 0.2) is 0 Å². The Bertz CT molecular complexity index is 700. The van der Waals surface area contributed by atoms with Crippen LogP contribution >= 0.6 is 0 Å². The number of sulfonamides is 1. The maximum atomic E-state index is 12.3. The minimum absolute atomic E-state index is 0.0276. The first-order valence-corrected chi connectivity index (χ1v) is 8.36. The smallest absolute Gasteiger partial charge is 0.308 e. The summed E-state index contributed by atoms with van der Waals surface area (Å²) >= 11 is 0. The van der Waals surface area contributed by atoms with Gasteiger partial charge in [-0.05, 0) is 18.2 Å². The molecule has 1 atom stereocenters. The molecule has 7 nitrogen and oxygen atoms in total. The number of carboxylic acid groups (broad SMARTS) is 1. The highest BCUT2D eigenvalue weighted by molar-refractivity contribution is 7.89. The second kappa shape index (κ2) is 7.89. The molecule has 2 N–H and O–H groups in total. The fraction of sp³-hybridized carbons (Fsp3) is 0.333. The lowest BCUT2D eigenvalue weighted by Crippen LogP contribution is -2.33. The molecule has 0 aliphatic heterocycles. The van der Waals surface area contributed by atoms with Gasteiger partial charge in [-0.15, -0.1) is 6.58 Å². The normalized spacial score (nSPS) is 12.4. The molecule has 0 aliphatic carbocycles. The number of nitrogens with zero attached hydrogens (tertiary/aromatic N) is 1. The Morgan fingerprint density at radius 3 is 2.65 bits per heavy atom. The van der Waals surface area contributed by atoms with E-state index < -0.39 is 27.8 Å². The molecule has 1 aromatic rings. The Morgan fingerprint density at radius 1 is 1.43 bits per heavy atom. The molecule has 1 amide bonds. The molecule has 1 rings (SSSR count). The first-order chi connectivity index (χ1) is 10.7. The van der Waals surface area contributed by atoms with Crippen molar-refractivity contribution >= 4 is 21.9 Å². The summed E-state index contributed by atoms with van der Waals surface area (Å²) in [6.45, 7) is 5.03. The third-order valence-corrected chi connectivity index (χ3v) is 4.55. The van der Waals surface area contributed by atoms with E-state index in [9.17, 15) is 18.0 Å². The Labute approximate surface area is 135 Å². The number of hydrogen-bond donors (Lipinski definition) is 2. The van der Waals surface area contributed by atoms with Crippen LogP contribution in [0.2, 0.25) is 0 Å². The standard InChI is InChI=1S/C15H20N2O5S/c1-4-8-16-23(21,22)13-7-5-6-12(9-13)14(18)17(3)10-11(2)15(19)20/h4-7,9,11,16H,1,8,10H2,2-3H3,(H,19,20). The Morgan fingerprint density at radius 2 is 2.09 bits per heavy atom. The van der Waals surface area contributed by atoms with Crippen LogP contribution in [0.15, 0.2) is 41.8 Å². The van der Waals surface area contributed by atoms with Crippen LogP contribution in [0.25, 0.3) is 0 Å². The summed E-state index contributed by atoms with van der Waals surface area (Å²) in [5.41, 5.74) is 0.173. The minimum atomic E-state index is -3.73. The summed E-state index contributed by atoms with van der Waals surface area (Å²) in [4.78, 5) is 24.4. The number of benzene rings is 1. The summed E-state index contributed by atoms with van der Waals surface area (Å²) in [7, 11) is -2.26. The van der Waals surface area contributed by atoms with Crippen molar-refractivity contribution in [3.63, 3.8) is 0 Å². The van der Waals surface area contributed by atoms with Crippen LogP contribution in [0.4, 0.5) is 0 Å². The molecule has 0 fully saturated rings. The lowest BCUT2D eigenvalue weighted by Gasteiger charge is -2.19. The topological polar surface area (TPSA) is 104 Å². The predicted molar refractivity (Wildman–Crippen MR) is 85.6 cm³/mol. The Kier molecular flexibility index (Phi) is 6.47. The van der Waals surface area contributed by atoms with Crippen LogP contribution in [0.3, 0.4) is 0 Å². The van der Waals surface area contributed by atoms with E-state index in [2.05, 4.69) is 11.3 Å². The fourth-order valence-electron chi connectivity index (χ4n) is 1.84. The van der Waals surface area contributed by atoms with Gasteiger partial charge in [-0.2, -0.15) is 0 Å². The number of carboxylic acids is 1. The zero-order chi connectivity index (χ0) is 17.6. The largest absolute Gasteiger partial charge is 0.481 e. The van der Waals surface area contributed by atoms with Gasteiger partial charge in [-0.25, -0.2) is 13.1 Å². The van der Waals surface area contributed by atoms with Crippen LogP contribution in [0.5, 0.6) is 0 Å². The first-order valence-electron chi connectivity index (χ1n) is 6.88. The van der Waals surface area contributed by atoms with Gasteiger partial charge in [-0.3, -0.25) is 9.59 Å². The van der Waals surface area contributed by atoms with E-state index in [0.717, 1.165) is 0 Å². The number of carbonyl (C=O) groups excluding carboxylic acids is 1. The molecular formula is C15H20N2O5S. The predicted octanol–water partition coefficient (Wildman–Crippen LogP) is 0.944. The van der Waals surface area contributed by atoms with Crippen molar-refractivity contribution in [2.24, 2.45) is 5.92 Å².